The third kappa shape index (κ3) is 7.33. The van der Waals surface area contributed by atoms with Crippen molar-refractivity contribution in [1.29, 1.82) is 0 Å². The minimum atomic E-state index is -1.31. The van der Waals surface area contributed by atoms with E-state index in [1.165, 1.54) is 0 Å². The molecule has 0 radical (unpaired) electrons. The molecule has 11 heteroatoms. The molecule has 3 amide bonds. The number of amides is 3. The second kappa shape index (κ2) is 17.0. The zero-order valence-electron chi connectivity index (χ0n) is 30.5. The van der Waals surface area contributed by atoms with Gasteiger partial charge in [-0.2, -0.15) is 0 Å². The molecule has 4 rings (SSSR count). The number of fused-ring (bicyclic) bond motifs is 1. The van der Waals surface area contributed by atoms with Gasteiger partial charge in [0.1, 0.15) is 17.7 Å². The van der Waals surface area contributed by atoms with Gasteiger partial charge in [-0.1, -0.05) is 92.0 Å². The van der Waals surface area contributed by atoms with E-state index in [2.05, 4.69) is 36.0 Å². The Kier molecular flexibility index (Phi) is 13.5. The highest BCUT2D eigenvalue weighted by Crippen LogP contribution is 2.61. The summed E-state index contributed by atoms with van der Waals surface area (Å²) >= 11 is 3.76. The number of benzene rings is 1. The molecule has 2 bridgehead atoms. The molecule has 2 unspecified atom stereocenters. The highest BCUT2D eigenvalue weighted by atomic mass is 79.9. The number of carbonyl (C=O) groups is 4. The summed E-state index contributed by atoms with van der Waals surface area (Å²) in [5.41, 5.74) is -0.603. The first kappa shape index (κ1) is 39.8. The van der Waals surface area contributed by atoms with Crippen LogP contribution in [0.1, 0.15) is 84.8 Å². The molecule has 11 atom stereocenters. The first-order valence-electron chi connectivity index (χ1n) is 18.1. The average molecular weight is 759 g/mol. The van der Waals surface area contributed by atoms with E-state index in [0.717, 1.165) is 12.8 Å². The number of nitrogens with zero attached hydrogens (tertiary/aromatic N) is 3. The minimum Gasteiger partial charge on any atom is -0.455 e. The number of halogens is 1. The Hall–Kier alpha value is -3.02. The van der Waals surface area contributed by atoms with Crippen LogP contribution in [0.25, 0.3) is 0 Å². The lowest BCUT2D eigenvalue weighted by Crippen LogP contribution is -2.61. The molecule has 1 aromatic carbocycles. The van der Waals surface area contributed by atoms with Gasteiger partial charge < -0.3 is 29.3 Å². The number of rotatable bonds is 18. The van der Waals surface area contributed by atoms with E-state index in [1.54, 1.807) is 33.9 Å². The lowest BCUT2D eigenvalue weighted by Gasteiger charge is -2.42. The molecule has 1 N–H and O–H groups in total. The predicted molar refractivity (Wildman–Crippen MR) is 196 cm³/mol. The molecule has 3 aliphatic rings. The summed E-state index contributed by atoms with van der Waals surface area (Å²) in [4.78, 5) is 61.9. The number of alkyl halides is 1. The van der Waals surface area contributed by atoms with Crippen LogP contribution in [0.15, 0.2) is 55.6 Å². The number of carbonyl (C=O) groups excluding carboxylic acids is 4. The molecule has 50 heavy (non-hydrogen) atoms. The number of aliphatic hydroxyl groups excluding tert-OH is 1. The lowest BCUT2D eigenvalue weighted by atomic mass is 9.70. The van der Waals surface area contributed by atoms with E-state index in [9.17, 15) is 24.3 Å². The standard InChI is InChI=1S/C39H56BrN3O7/c1-9-13-20-30(45)41(8)26(7)33(27-18-15-14-16-19-27)49-38(48)31-32-36(46)43(29(23-44)24(5)12-4)35(39(32)22-28(40)34(31)50-39)37(47)42(21-11-3)25(6)17-10-2/h9,11,14-16,18-19,24-26,28-29,31-35,44H,1,3,10,12-13,17,20-23H2,2,4-8H3/t24-,25?,26-,28?,29-,31-,32+,33+,34-,35-,39+/m0/s1. The quantitative estimate of drug-likeness (QED) is 0.120. The van der Waals surface area contributed by atoms with Gasteiger partial charge in [-0.25, -0.2) is 0 Å². The van der Waals surface area contributed by atoms with Crippen LogP contribution in [0.2, 0.25) is 0 Å². The average Bonchev–Trinajstić information content (AvgIpc) is 3.71. The van der Waals surface area contributed by atoms with Crippen molar-refractivity contribution in [2.24, 2.45) is 17.8 Å². The maximum atomic E-state index is 14.9. The number of aliphatic hydroxyl groups is 1. The normalized spacial score (nSPS) is 28.3. The van der Waals surface area contributed by atoms with Gasteiger partial charge in [-0.3, -0.25) is 19.2 Å². The van der Waals surface area contributed by atoms with E-state index in [1.807, 2.05) is 58.0 Å². The summed E-state index contributed by atoms with van der Waals surface area (Å²) in [5, 5.41) is 10.7. The number of ether oxygens (including phenoxy) is 2. The van der Waals surface area contributed by atoms with E-state index in [4.69, 9.17) is 9.47 Å². The summed E-state index contributed by atoms with van der Waals surface area (Å²) in [7, 11) is 1.69. The number of allylic oxidation sites excluding steroid dienone is 1. The van der Waals surface area contributed by atoms with Crippen LogP contribution >= 0.6 is 15.9 Å². The fourth-order valence-electron chi connectivity index (χ4n) is 8.27. The summed E-state index contributed by atoms with van der Waals surface area (Å²) < 4.78 is 13.2. The molecule has 10 nitrogen and oxygen atoms in total. The monoisotopic (exact) mass is 757 g/mol. The summed E-state index contributed by atoms with van der Waals surface area (Å²) in [6, 6.07) is 6.89. The van der Waals surface area contributed by atoms with Crippen molar-refractivity contribution in [1.82, 2.24) is 14.7 Å². The van der Waals surface area contributed by atoms with E-state index in [0.29, 0.717) is 24.8 Å². The van der Waals surface area contributed by atoms with Gasteiger partial charge in [-0.05, 0) is 44.6 Å². The highest BCUT2D eigenvalue weighted by molar-refractivity contribution is 9.09. The number of likely N-dealkylation sites (N-methyl/N-ethyl adjacent to an activating group) is 1. The van der Waals surface area contributed by atoms with Gasteiger partial charge in [0, 0.05) is 30.9 Å². The Balaban J connectivity index is 1.78. The van der Waals surface area contributed by atoms with Crippen LogP contribution in [-0.4, -0.2) is 104 Å². The molecule has 0 aromatic heterocycles. The second-order valence-electron chi connectivity index (χ2n) is 14.3. The Labute approximate surface area is 306 Å². The molecule has 3 fully saturated rings. The van der Waals surface area contributed by atoms with Gasteiger partial charge >= 0.3 is 5.97 Å². The van der Waals surface area contributed by atoms with Crippen molar-refractivity contribution in [3.8, 4) is 0 Å². The summed E-state index contributed by atoms with van der Waals surface area (Å²) in [5.74, 6) is -3.52. The number of hydrogen-bond donors (Lipinski definition) is 1. The van der Waals surface area contributed by atoms with Gasteiger partial charge in [0.25, 0.3) is 0 Å². The van der Waals surface area contributed by atoms with Gasteiger partial charge in [0.15, 0.2) is 0 Å². The van der Waals surface area contributed by atoms with Crippen LogP contribution in [0, 0.1) is 17.8 Å². The summed E-state index contributed by atoms with van der Waals surface area (Å²) in [6.07, 6.45) is 5.25. The molecule has 0 saturated carbocycles. The summed E-state index contributed by atoms with van der Waals surface area (Å²) in [6.45, 7) is 17.4. The first-order valence-corrected chi connectivity index (χ1v) is 19.0. The molecule has 3 aliphatic heterocycles. The predicted octanol–water partition coefficient (Wildman–Crippen LogP) is 5.44. The van der Waals surface area contributed by atoms with Crippen molar-refractivity contribution < 1.29 is 33.8 Å². The molecular weight excluding hydrogens is 702 g/mol. The maximum Gasteiger partial charge on any atom is 0.313 e. The van der Waals surface area contributed by atoms with Crippen LogP contribution in [0.5, 0.6) is 0 Å². The fraction of sp³-hybridized carbons (Fsp3) is 0.641. The number of esters is 1. The van der Waals surface area contributed by atoms with E-state index >= 15 is 0 Å². The Morgan fingerprint density at radius 1 is 1.16 bits per heavy atom. The maximum absolute atomic E-state index is 14.9. The van der Waals surface area contributed by atoms with Crippen LogP contribution < -0.4 is 0 Å². The van der Waals surface area contributed by atoms with Crippen molar-refractivity contribution in [2.45, 2.75) is 120 Å². The molecule has 276 valence electrons. The van der Waals surface area contributed by atoms with Gasteiger partial charge in [0.2, 0.25) is 17.7 Å². The second-order valence-corrected chi connectivity index (χ2v) is 15.5. The minimum absolute atomic E-state index is 0.110. The van der Waals surface area contributed by atoms with Crippen molar-refractivity contribution in [3.05, 3.63) is 61.2 Å². The van der Waals surface area contributed by atoms with Crippen molar-refractivity contribution >= 4 is 39.6 Å². The van der Waals surface area contributed by atoms with E-state index in [-0.39, 0.29) is 54.1 Å². The Morgan fingerprint density at radius 2 is 1.84 bits per heavy atom. The van der Waals surface area contributed by atoms with Crippen LogP contribution in [0.4, 0.5) is 0 Å². The first-order chi connectivity index (χ1) is 23.8. The van der Waals surface area contributed by atoms with Crippen LogP contribution in [0.3, 0.4) is 0 Å². The van der Waals surface area contributed by atoms with Crippen molar-refractivity contribution in [3.63, 3.8) is 0 Å². The topological polar surface area (TPSA) is 117 Å². The van der Waals surface area contributed by atoms with Gasteiger partial charge in [-0.15, -0.1) is 13.2 Å². The Bertz CT molecular complexity index is 1390. The SMILES string of the molecule is C=CCCC(=O)N(C)[C@@H](C)[C@@H](OC(=O)[C@@H]1[C@H]2O[C@@]3(CC2Br)[C@H](C(=O)N(CC=C)C(C)CCC)N([C@@H](CO)[C@@H](C)CC)C(=O)[C@@H]13)c1ccccc1. The number of likely N-dealkylation sites (tertiary alicyclic amines) is 1. The van der Waals surface area contributed by atoms with E-state index < -0.39 is 53.7 Å². The number of hydrogen-bond acceptors (Lipinski definition) is 7. The zero-order valence-corrected chi connectivity index (χ0v) is 32.1. The third-order valence-corrected chi connectivity index (χ3v) is 12.1. The molecule has 0 aliphatic carbocycles. The lowest BCUT2D eigenvalue weighted by molar-refractivity contribution is -0.165. The third-order valence-electron chi connectivity index (χ3n) is 11.3. The largest absolute Gasteiger partial charge is 0.455 e. The fourth-order valence-corrected chi connectivity index (χ4v) is 9.21. The molecule has 1 aromatic rings. The van der Waals surface area contributed by atoms with Gasteiger partial charge in [0.05, 0.1) is 36.6 Å². The molecular formula is C39H56BrN3O7. The molecule has 3 saturated heterocycles. The zero-order chi connectivity index (χ0) is 36.9. The Morgan fingerprint density at radius 3 is 2.42 bits per heavy atom. The molecule has 3 heterocycles. The molecule has 1 spiro atoms. The smallest absolute Gasteiger partial charge is 0.313 e. The highest BCUT2D eigenvalue weighted by Gasteiger charge is 2.78. The van der Waals surface area contributed by atoms with Crippen LogP contribution in [-0.2, 0) is 28.7 Å². The van der Waals surface area contributed by atoms with Crippen molar-refractivity contribution in [2.75, 3.05) is 20.2 Å².